The fourth-order valence-corrected chi connectivity index (χ4v) is 3.91. The van der Waals surface area contributed by atoms with Crippen molar-refractivity contribution in [1.29, 1.82) is 5.41 Å². The van der Waals surface area contributed by atoms with Crippen LogP contribution in [0.15, 0.2) is 89.7 Å². The fourth-order valence-electron chi connectivity index (χ4n) is 3.91. The van der Waals surface area contributed by atoms with Crippen LogP contribution >= 0.6 is 0 Å². The summed E-state index contributed by atoms with van der Waals surface area (Å²) >= 11 is 0. The van der Waals surface area contributed by atoms with Crippen LogP contribution in [-0.4, -0.2) is 53.8 Å². The smallest absolute Gasteiger partial charge is 0.365 e. The first-order valence-electron chi connectivity index (χ1n) is 10.6. The van der Waals surface area contributed by atoms with Crippen LogP contribution < -0.4 is 5.32 Å². The molecule has 32 heavy (non-hydrogen) atoms. The topological polar surface area (TPSA) is 81.0 Å². The van der Waals surface area contributed by atoms with Gasteiger partial charge in [0.1, 0.15) is 0 Å². The summed E-state index contributed by atoms with van der Waals surface area (Å²) in [6.07, 6.45) is 1.77. The van der Waals surface area contributed by atoms with E-state index in [0.717, 1.165) is 22.0 Å². The number of piperazine rings is 1. The number of hydrogen-bond donors (Lipinski definition) is 2. The van der Waals surface area contributed by atoms with Crippen molar-refractivity contribution in [2.45, 2.75) is 0 Å². The molecule has 0 bridgehead atoms. The number of carbonyl (C=O) groups is 1. The summed E-state index contributed by atoms with van der Waals surface area (Å²) in [5.41, 5.74) is 2.01. The van der Waals surface area contributed by atoms with Crippen LogP contribution in [0.4, 0.5) is 5.69 Å². The molecule has 2 aliphatic heterocycles. The summed E-state index contributed by atoms with van der Waals surface area (Å²) in [6.45, 7) is 2.73. The van der Waals surface area contributed by atoms with Crippen molar-refractivity contribution >= 4 is 34.3 Å². The van der Waals surface area contributed by atoms with E-state index in [2.05, 4.69) is 15.2 Å². The molecule has 0 radical (unpaired) electrons. The number of ether oxygens (including phenoxy) is 1. The van der Waals surface area contributed by atoms with Crippen LogP contribution in [0.2, 0.25) is 0 Å². The lowest BCUT2D eigenvalue weighted by atomic mass is 10.0. The Kier molecular flexibility index (Phi) is 5.29. The molecule has 2 N–H and O–H groups in total. The van der Waals surface area contributed by atoms with E-state index in [1.165, 1.54) is 0 Å². The third-order valence-electron chi connectivity index (χ3n) is 5.61. The van der Waals surface area contributed by atoms with Gasteiger partial charge in [0.15, 0.2) is 11.7 Å². The highest BCUT2D eigenvalue weighted by atomic mass is 16.6. The van der Waals surface area contributed by atoms with Gasteiger partial charge in [-0.15, -0.1) is 0 Å². The molecule has 0 spiro atoms. The summed E-state index contributed by atoms with van der Waals surface area (Å²) in [7, 11) is 0. The van der Waals surface area contributed by atoms with Crippen molar-refractivity contribution < 1.29 is 9.53 Å². The van der Waals surface area contributed by atoms with Gasteiger partial charge in [-0.25, -0.2) is 9.79 Å². The van der Waals surface area contributed by atoms with E-state index in [1.807, 2.05) is 77.7 Å². The Balaban J connectivity index is 1.26. The number of hydrogen-bond acceptors (Lipinski definition) is 5. The number of nitrogens with zero attached hydrogens (tertiary/aromatic N) is 3. The quantitative estimate of drug-likeness (QED) is 0.290. The molecule has 1 saturated heterocycles. The Bertz CT molecular complexity index is 1220. The SMILES string of the molecule is N=C(Nc1ccccc1)N1CCN(/C=C2/N=C(c3cccc4ccccc34)OC2=O)CC1. The number of fused-ring (bicyclic) bond motifs is 1. The maximum atomic E-state index is 12.5. The molecule has 5 rings (SSSR count). The molecule has 0 atom stereocenters. The zero-order chi connectivity index (χ0) is 21.9. The van der Waals surface area contributed by atoms with Crippen LogP contribution in [0.25, 0.3) is 10.8 Å². The molecular weight excluding hydrogens is 402 g/mol. The highest BCUT2D eigenvalue weighted by Crippen LogP contribution is 2.24. The van der Waals surface area contributed by atoms with Crippen molar-refractivity contribution in [2.24, 2.45) is 4.99 Å². The van der Waals surface area contributed by atoms with Crippen LogP contribution in [-0.2, 0) is 9.53 Å². The van der Waals surface area contributed by atoms with Crippen LogP contribution in [0.1, 0.15) is 5.56 Å². The minimum Gasteiger partial charge on any atom is -0.402 e. The minimum atomic E-state index is -0.436. The lowest BCUT2D eigenvalue weighted by molar-refractivity contribution is -0.130. The molecule has 0 aromatic heterocycles. The molecule has 0 unspecified atom stereocenters. The molecule has 2 aliphatic rings. The van der Waals surface area contributed by atoms with Crippen molar-refractivity contribution in [3.8, 4) is 0 Å². The summed E-state index contributed by atoms with van der Waals surface area (Å²) in [5.74, 6) is 0.277. The first kappa shape index (κ1) is 19.8. The molecule has 7 nitrogen and oxygen atoms in total. The number of rotatable bonds is 3. The second-order valence-electron chi connectivity index (χ2n) is 7.71. The molecule has 160 valence electrons. The predicted octanol–water partition coefficient (Wildman–Crippen LogP) is 3.65. The lowest BCUT2D eigenvalue weighted by Crippen LogP contribution is -2.48. The minimum absolute atomic E-state index is 0.305. The molecule has 1 fully saturated rings. The molecule has 3 aromatic rings. The highest BCUT2D eigenvalue weighted by Gasteiger charge is 2.27. The Morgan fingerprint density at radius 1 is 0.938 bits per heavy atom. The van der Waals surface area contributed by atoms with E-state index in [1.54, 1.807) is 6.20 Å². The van der Waals surface area contributed by atoms with Crippen LogP contribution in [0, 0.1) is 5.41 Å². The van der Waals surface area contributed by atoms with Crippen molar-refractivity contribution in [1.82, 2.24) is 9.80 Å². The summed E-state index contributed by atoms with van der Waals surface area (Å²) in [5, 5.41) is 13.5. The van der Waals surface area contributed by atoms with E-state index >= 15 is 0 Å². The molecular formula is C25H23N5O2. The number of esters is 1. The van der Waals surface area contributed by atoms with Crippen LogP contribution in [0.3, 0.4) is 0 Å². The first-order chi connectivity index (χ1) is 15.7. The third-order valence-corrected chi connectivity index (χ3v) is 5.61. The van der Waals surface area contributed by atoms with Crippen LogP contribution in [0.5, 0.6) is 0 Å². The molecule has 3 aromatic carbocycles. The monoisotopic (exact) mass is 425 g/mol. The van der Waals surface area contributed by atoms with Gasteiger partial charge in [-0.05, 0) is 29.0 Å². The predicted molar refractivity (Wildman–Crippen MR) is 126 cm³/mol. The number of nitrogens with one attached hydrogen (secondary N) is 2. The standard InChI is InChI=1S/C25H23N5O2/c26-25(27-19-9-2-1-3-10-19)30-15-13-29(14-16-30)17-22-24(31)32-23(28-22)21-12-6-8-18-7-4-5-11-20(18)21/h1-12,17H,13-16H2,(H2,26,27)/b22-17+. The number of aliphatic imine (C=N–C) groups is 1. The van der Waals surface area contributed by atoms with Gasteiger partial charge in [0.05, 0.1) is 0 Å². The van der Waals surface area contributed by atoms with Gasteiger partial charge in [0.2, 0.25) is 5.90 Å². The Morgan fingerprint density at radius 2 is 1.66 bits per heavy atom. The van der Waals surface area contributed by atoms with Gasteiger partial charge in [0, 0.05) is 43.6 Å². The van der Waals surface area contributed by atoms with E-state index in [0.29, 0.717) is 43.7 Å². The van der Waals surface area contributed by atoms with Gasteiger partial charge in [-0.2, -0.15) is 0 Å². The van der Waals surface area contributed by atoms with E-state index in [9.17, 15) is 4.79 Å². The number of carbonyl (C=O) groups excluding carboxylic acids is 1. The molecule has 2 heterocycles. The largest absolute Gasteiger partial charge is 0.402 e. The molecule has 0 aliphatic carbocycles. The second-order valence-corrected chi connectivity index (χ2v) is 7.71. The lowest BCUT2D eigenvalue weighted by Gasteiger charge is -2.35. The van der Waals surface area contributed by atoms with Crippen molar-refractivity contribution in [2.75, 3.05) is 31.5 Å². The maximum Gasteiger partial charge on any atom is 0.365 e. The van der Waals surface area contributed by atoms with E-state index in [-0.39, 0.29) is 0 Å². The summed E-state index contributed by atoms with van der Waals surface area (Å²) < 4.78 is 5.50. The average molecular weight is 425 g/mol. The maximum absolute atomic E-state index is 12.5. The second kappa shape index (κ2) is 8.55. The zero-order valence-corrected chi connectivity index (χ0v) is 17.5. The van der Waals surface area contributed by atoms with Crippen molar-refractivity contribution in [3.63, 3.8) is 0 Å². The Morgan fingerprint density at radius 3 is 2.47 bits per heavy atom. The van der Waals surface area contributed by atoms with E-state index in [4.69, 9.17) is 10.1 Å². The van der Waals surface area contributed by atoms with Gasteiger partial charge in [-0.3, -0.25) is 5.41 Å². The fraction of sp³-hybridized carbons (Fsp3) is 0.160. The number of cyclic esters (lactones) is 1. The molecule has 0 saturated carbocycles. The number of anilines is 1. The van der Waals surface area contributed by atoms with Gasteiger partial charge in [0.25, 0.3) is 0 Å². The Labute approximate surface area is 186 Å². The number of benzene rings is 3. The zero-order valence-electron chi connectivity index (χ0n) is 17.5. The summed E-state index contributed by atoms with van der Waals surface area (Å²) in [6, 6.07) is 23.5. The molecule has 7 heteroatoms. The third kappa shape index (κ3) is 4.05. The number of guanidine groups is 1. The Hall–Kier alpha value is -4.13. The first-order valence-corrected chi connectivity index (χ1v) is 10.6. The van der Waals surface area contributed by atoms with Gasteiger partial charge >= 0.3 is 5.97 Å². The van der Waals surface area contributed by atoms with Crippen molar-refractivity contribution in [3.05, 3.63) is 90.3 Å². The average Bonchev–Trinajstić information content (AvgIpc) is 3.19. The normalized spacial score (nSPS) is 17.4. The summed E-state index contributed by atoms with van der Waals surface area (Å²) in [4.78, 5) is 21.0. The van der Waals surface area contributed by atoms with Gasteiger partial charge < -0.3 is 19.9 Å². The van der Waals surface area contributed by atoms with Gasteiger partial charge in [-0.1, -0.05) is 54.6 Å². The van der Waals surface area contributed by atoms with E-state index < -0.39 is 5.97 Å². The number of para-hydroxylation sites is 1. The highest BCUT2D eigenvalue weighted by molar-refractivity contribution is 6.16. The molecule has 0 amide bonds.